The summed E-state index contributed by atoms with van der Waals surface area (Å²) in [6.07, 6.45) is 3.06. The highest BCUT2D eigenvalue weighted by Crippen LogP contribution is 2.29. The van der Waals surface area contributed by atoms with E-state index in [0.29, 0.717) is 31.1 Å². The first kappa shape index (κ1) is 18.5. The van der Waals surface area contributed by atoms with E-state index in [1.54, 1.807) is 11.0 Å². The standard InChI is InChI=1S/C22H24N2O4/c25-20(26)13-19-22(28)23(14-15-5-3-6-15)11-12-24(19)21(27)18-10-4-8-16-7-1-2-9-17(16)18/h1-2,4,7-10,15,19H,3,5-6,11-14H2,(H,25,26). The molecule has 0 bridgehead atoms. The van der Waals surface area contributed by atoms with Crippen LogP contribution in [-0.2, 0) is 9.59 Å². The van der Waals surface area contributed by atoms with E-state index < -0.39 is 12.0 Å². The predicted octanol–water partition coefficient (Wildman–Crippen LogP) is 2.77. The van der Waals surface area contributed by atoms with Gasteiger partial charge >= 0.3 is 5.97 Å². The zero-order valence-corrected chi connectivity index (χ0v) is 15.7. The number of carboxylic acids is 1. The first-order valence-electron chi connectivity index (χ1n) is 9.84. The van der Waals surface area contributed by atoms with E-state index in [0.717, 1.165) is 23.6 Å². The molecule has 2 amide bonds. The molecule has 28 heavy (non-hydrogen) atoms. The van der Waals surface area contributed by atoms with Crippen LogP contribution in [0.25, 0.3) is 10.8 Å². The van der Waals surface area contributed by atoms with E-state index in [1.807, 2.05) is 36.4 Å². The van der Waals surface area contributed by atoms with E-state index in [9.17, 15) is 19.5 Å². The second kappa shape index (κ2) is 7.62. The molecule has 2 aromatic carbocycles. The molecular weight excluding hydrogens is 356 g/mol. The molecule has 4 rings (SSSR count). The molecule has 1 saturated carbocycles. The highest BCUT2D eigenvalue weighted by molar-refractivity contribution is 6.08. The average Bonchev–Trinajstić information content (AvgIpc) is 2.66. The van der Waals surface area contributed by atoms with Crippen molar-refractivity contribution in [1.29, 1.82) is 0 Å². The van der Waals surface area contributed by atoms with Crippen molar-refractivity contribution in [2.75, 3.05) is 19.6 Å². The first-order valence-corrected chi connectivity index (χ1v) is 9.84. The Balaban J connectivity index is 1.62. The quantitative estimate of drug-likeness (QED) is 0.865. The Hall–Kier alpha value is -2.89. The zero-order valence-electron chi connectivity index (χ0n) is 15.7. The molecule has 0 aromatic heterocycles. The second-order valence-corrected chi connectivity index (χ2v) is 7.72. The van der Waals surface area contributed by atoms with Gasteiger partial charge in [-0.1, -0.05) is 42.8 Å². The number of hydrogen-bond donors (Lipinski definition) is 1. The van der Waals surface area contributed by atoms with Gasteiger partial charge in [-0.3, -0.25) is 14.4 Å². The Bertz CT molecular complexity index is 916. The molecule has 0 radical (unpaired) electrons. The SMILES string of the molecule is O=C(O)CC1C(=O)N(CC2CCC2)CCN1C(=O)c1cccc2ccccc12. The number of carbonyl (C=O) groups is 3. The van der Waals surface area contributed by atoms with E-state index in [2.05, 4.69) is 0 Å². The van der Waals surface area contributed by atoms with E-state index in [1.165, 1.54) is 11.3 Å². The lowest BCUT2D eigenvalue weighted by molar-refractivity contribution is -0.148. The molecule has 1 atom stereocenters. The summed E-state index contributed by atoms with van der Waals surface area (Å²) in [6.45, 7) is 1.49. The molecule has 1 unspecified atom stereocenters. The van der Waals surface area contributed by atoms with Gasteiger partial charge in [-0.25, -0.2) is 0 Å². The van der Waals surface area contributed by atoms with Crippen molar-refractivity contribution in [2.45, 2.75) is 31.7 Å². The second-order valence-electron chi connectivity index (χ2n) is 7.72. The Kier molecular flexibility index (Phi) is 5.03. The molecule has 146 valence electrons. The molecule has 2 fully saturated rings. The van der Waals surface area contributed by atoms with Crippen molar-refractivity contribution in [3.63, 3.8) is 0 Å². The fourth-order valence-electron chi connectivity index (χ4n) is 4.18. The molecule has 1 saturated heterocycles. The fraction of sp³-hybridized carbons (Fsp3) is 0.409. The van der Waals surface area contributed by atoms with Crippen LogP contribution >= 0.6 is 0 Å². The first-order chi connectivity index (χ1) is 13.5. The number of nitrogens with zero attached hydrogens (tertiary/aromatic N) is 2. The Labute approximate surface area is 163 Å². The number of piperazine rings is 1. The van der Waals surface area contributed by atoms with Crippen LogP contribution in [0.4, 0.5) is 0 Å². The fourth-order valence-corrected chi connectivity index (χ4v) is 4.18. The van der Waals surface area contributed by atoms with Crippen LogP contribution in [0.5, 0.6) is 0 Å². The van der Waals surface area contributed by atoms with Crippen LogP contribution in [0.3, 0.4) is 0 Å². The third kappa shape index (κ3) is 3.46. The van der Waals surface area contributed by atoms with Gasteiger partial charge in [-0.05, 0) is 35.6 Å². The van der Waals surface area contributed by atoms with E-state index >= 15 is 0 Å². The molecule has 1 aliphatic heterocycles. The lowest BCUT2D eigenvalue weighted by Crippen LogP contribution is -2.60. The van der Waals surface area contributed by atoms with Gasteiger partial charge in [-0.15, -0.1) is 0 Å². The normalized spacial score (nSPS) is 20.3. The van der Waals surface area contributed by atoms with Gasteiger partial charge in [-0.2, -0.15) is 0 Å². The molecule has 6 nitrogen and oxygen atoms in total. The van der Waals surface area contributed by atoms with Crippen LogP contribution in [0, 0.1) is 5.92 Å². The van der Waals surface area contributed by atoms with Gasteiger partial charge in [0.25, 0.3) is 5.91 Å². The Morgan fingerprint density at radius 1 is 1.04 bits per heavy atom. The minimum absolute atomic E-state index is 0.242. The number of aliphatic carboxylic acids is 1. The highest BCUT2D eigenvalue weighted by Gasteiger charge is 2.40. The summed E-state index contributed by atoms with van der Waals surface area (Å²) in [5, 5.41) is 11.1. The van der Waals surface area contributed by atoms with Crippen LogP contribution in [0.1, 0.15) is 36.0 Å². The third-order valence-corrected chi connectivity index (χ3v) is 5.94. The Morgan fingerprint density at radius 2 is 1.79 bits per heavy atom. The van der Waals surface area contributed by atoms with Crippen molar-refractivity contribution < 1.29 is 19.5 Å². The predicted molar refractivity (Wildman–Crippen MR) is 105 cm³/mol. The number of amides is 2. The summed E-state index contributed by atoms with van der Waals surface area (Å²) in [7, 11) is 0. The maximum absolute atomic E-state index is 13.3. The van der Waals surface area contributed by atoms with Crippen LogP contribution in [-0.4, -0.2) is 58.4 Å². The maximum atomic E-state index is 13.3. The average molecular weight is 380 g/mol. The van der Waals surface area contributed by atoms with Gasteiger partial charge in [0.2, 0.25) is 5.91 Å². The molecule has 0 spiro atoms. The molecule has 1 heterocycles. The van der Waals surface area contributed by atoms with Crippen molar-refractivity contribution in [2.24, 2.45) is 5.92 Å². The van der Waals surface area contributed by atoms with Crippen molar-refractivity contribution >= 4 is 28.6 Å². The molecule has 1 aliphatic carbocycles. The summed E-state index contributed by atoms with van der Waals surface area (Å²) >= 11 is 0. The van der Waals surface area contributed by atoms with Gasteiger partial charge in [0.1, 0.15) is 6.04 Å². The summed E-state index contributed by atoms with van der Waals surface area (Å²) in [5.41, 5.74) is 0.508. The number of fused-ring (bicyclic) bond motifs is 1. The largest absolute Gasteiger partial charge is 0.481 e. The smallest absolute Gasteiger partial charge is 0.305 e. The number of rotatable bonds is 5. The zero-order chi connectivity index (χ0) is 19.7. The molecular formula is C22H24N2O4. The van der Waals surface area contributed by atoms with E-state index in [4.69, 9.17) is 0 Å². The van der Waals surface area contributed by atoms with Gasteiger partial charge in [0, 0.05) is 25.2 Å². The van der Waals surface area contributed by atoms with Crippen molar-refractivity contribution in [3.05, 3.63) is 48.0 Å². The monoisotopic (exact) mass is 380 g/mol. The summed E-state index contributed by atoms with van der Waals surface area (Å²) in [4.78, 5) is 41.0. The lowest BCUT2D eigenvalue weighted by atomic mass is 9.84. The maximum Gasteiger partial charge on any atom is 0.305 e. The number of carbonyl (C=O) groups excluding carboxylic acids is 2. The highest BCUT2D eigenvalue weighted by atomic mass is 16.4. The minimum atomic E-state index is -1.07. The molecule has 6 heteroatoms. The topological polar surface area (TPSA) is 77.9 Å². The number of benzene rings is 2. The van der Waals surface area contributed by atoms with Crippen LogP contribution in [0.2, 0.25) is 0 Å². The third-order valence-electron chi connectivity index (χ3n) is 5.94. The molecule has 2 aliphatic rings. The lowest BCUT2D eigenvalue weighted by Gasteiger charge is -2.42. The Morgan fingerprint density at radius 3 is 2.50 bits per heavy atom. The van der Waals surface area contributed by atoms with E-state index in [-0.39, 0.29) is 18.2 Å². The molecule has 1 N–H and O–H groups in total. The summed E-state index contributed by atoms with van der Waals surface area (Å²) < 4.78 is 0. The van der Waals surface area contributed by atoms with Crippen molar-refractivity contribution in [1.82, 2.24) is 9.80 Å². The summed E-state index contributed by atoms with van der Waals surface area (Å²) in [5.74, 6) is -1.08. The van der Waals surface area contributed by atoms with Crippen LogP contribution < -0.4 is 0 Å². The van der Waals surface area contributed by atoms with Crippen LogP contribution in [0.15, 0.2) is 42.5 Å². The number of carboxylic acid groups (broad SMARTS) is 1. The molecule has 2 aromatic rings. The van der Waals surface area contributed by atoms with Gasteiger partial charge in [0.15, 0.2) is 0 Å². The van der Waals surface area contributed by atoms with Gasteiger partial charge in [0.05, 0.1) is 6.42 Å². The van der Waals surface area contributed by atoms with Gasteiger partial charge < -0.3 is 14.9 Å². The minimum Gasteiger partial charge on any atom is -0.481 e. The summed E-state index contributed by atoms with van der Waals surface area (Å²) in [6, 6.07) is 12.1. The number of hydrogen-bond acceptors (Lipinski definition) is 3. The van der Waals surface area contributed by atoms with Crippen molar-refractivity contribution in [3.8, 4) is 0 Å².